The van der Waals surface area contributed by atoms with Gasteiger partial charge in [-0.25, -0.2) is 0 Å². The molecular weight excluding hydrogens is 292 g/mol. The maximum Gasteiger partial charge on any atom is 0.127 e. The highest BCUT2D eigenvalue weighted by Crippen LogP contribution is 2.22. The lowest BCUT2D eigenvalue weighted by Gasteiger charge is -2.06. The van der Waals surface area contributed by atoms with Crippen LogP contribution in [0.2, 0.25) is 0 Å². The lowest BCUT2D eigenvalue weighted by atomic mass is 10.2. The highest BCUT2D eigenvalue weighted by atomic mass is 16.5. The van der Waals surface area contributed by atoms with Gasteiger partial charge in [0.25, 0.3) is 0 Å². The first-order valence-electron chi connectivity index (χ1n) is 6.61. The summed E-state index contributed by atoms with van der Waals surface area (Å²) in [5, 5.41) is 6.66. The molecule has 23 heavy (non-hydrogen) atoms. The van der Waals surface area contributed by atoms with Gasteiger partial charge in [0, 0.05) is 22.2 Å². The van der Waals surface area contributed by atoms with Crippen molar-refractivity contribution < 1.29 is 4.74 Å². The third-order valence-corrected chi connectivity index (χ3v) is 2.77. The van der Waals surface area contributed by atoms with Crippen molar-refractivity contribution in [2.45, 2.75) is 0 Å². The number of azide groups is 2. The second-order valence-corrected chi connectivity index (χ2v) is 4.28. The second-order valence-electron chi connectivity index (χ2n) is 4.28. The summed E-state index contributed by atoms with van der Waals surface area (Å²) in [5.41, 5.74) is 18.2. The molecule has 7 nitrogen and oxygen atoms in total. The molecule has 0 saturated carbocycles. The van der Waals surface area contributed by atoms with Crippen LogP contribution in [0.5, 0.6) is 11.5 Å². The summed E-state index contributed by atoms with van der Waals surface area (Å²) in [5.74, 6) is 1.40. The van der Waals surface area contributed by atoms with Crippen LogP contribution in [0.1, 0.15) is 11.1 Å². The maximum absolute atomic E-state index is 8.19. The Morgan fingerprint density at radius 2 is 1.09 bits per heavy atom. The molecule has 0 fully saturated rings. The van der Waals surface area contributed by atoms with Crippen molar-refractivity contribution in [2.75, 3.05) is 0 Å². The molecule has 0 aliphatic carbocycles. The molecule has 0 unspecified atom stereocenters. The van der Waals surface area contributed by atoms with E-state index in [9.17, 15) is 0 Å². The molecule has 7 heteroatoms. The summed E-state index contributed by atoms with van der Waals surface area (Å²) in [4.78, 5) is 5.28. The Balaban J connectivity index is 2.01. The summed E-state index contributed by atoms with van der Waals surface area (Å²) in [6.45, 7) is 0. The first kappa shape index (κ1) is 15.7. The minimum absolute atomic E-state index is 0.698. The molecule has 2 rings (SSSR count). The molecule has 0 N–H and O–H groups in total. The van der Waals surface area contributed by atoms with E-state index in [2.05, 4.69) is 20.1 Å². The summed E-state index contributed by atoms with van der Waals surface area (Å²) in [6.07, 6.45) is 6.18. The smallest absolute Gasteiger partial charge is 0.127 e. The van der Waals surface area contributed by atoms with Gasteiger partial charge in [-0.1, -0.05) is 46.6 Å². The quantitative estimate of drug-likeness (QED) is 0.362. The van der Waals surface area contributed by atoms with Gasteiger partial charge in [-0.2, -0.15) is 0 Å². The molecule has 0 saturated heterocycles. The number of hydrogen-bond acceptors (Lipinski definition) is 3. The van der Waals surface area contributed by atoms with Crippen LogP contribution in [0.4, 0.5) is 0 Å². The van der Waals surface area contributed by atoms with Gasteiger partial charge in [0.2, 0.25) is 0 Å². The van der Waals surface area contributed by atoms with E-state index in [4.69, 9.17) is 15.8 Å². The van der Waals surface area contributed by atoms with E-state index in [1.807, 2.05) is 48.5 Å². The van der Waals surface area contributed by atoms with Crippen LogP contribution in [0.3, 0.4) is 0 Å². The first-order valence-corrected chi connectivity index (χ1v) is 6.61. The van der Waals surface area contributed by atoms with Crippen molar-refractivity contribution in [1.29, 1.82) is 0 Å². The van der Waals surface area contributed by atoms with Gasteiger partial charge in [0.15, 0.2) is 0 Å². The largest absolute Gasteiger partial charge is 0.457 e. The monoisotopic (exact) mass is 304 g/mol. The van der Waals surface area contributed by atoms with Crippen molar-refractivity contribution in [3.8, 4) is 11.5 Å². The summed E-state index contributed by atoms with van der Waals surface area (Å²) in [7, 11) is 0. The lowest BCUT2D eigenvalue weighted by Crippen LogP contribution is -1.84. The molecule has 2 aromatic carbocycles. The predicted octanol–water partition coefficient (Wildman–Crippen LogP) is 6.04. The van der Waals surface area contributed by atoms with Crippen LogP contribution in [0.25, 0.3) is 33.0 Å². The fourth-order valence-corrected chi connectivity index (χ4v) is 1.73. The number of benzene rings is 2. The number of ether oxygens (including phenoxy) is 1. The zero-order chi connectivity index (χ0) is 16.3. The van der Waals surface area contributed by atoms with Gasteiger partial charge in [-0.3, -0.25) is 0 Å². The van der Waals surface area contributed by atoms with E-state index in [1.165, 1.54) is 12.4 Å². The standard InChI is InChI=1S/C16H12N6O/c17-21-19-11-9-13-1-5-15(6-2-13)23-16-7-3-14(4-8-16)10-12-20-22-18/h1-12H/b11-9+,12-10+. The Hall–Kier alpha value is -3.66. The Morgan fingerprint density at radius 1 is 0.696 bits per heavy atom. The SMILES string of the molecule is [N-]=[N+]=N/C=C/c1ccc(Oc2ccc(/C=C/N=[N+]=[N-])cc2)cc1. The Labute approximate surface area is 132 Å². The topological polar surface area (TPSA) is 107 Å². The number of nitrogens with zero attached hydrogens (tertiary/aromatic N) is 6. The molecule has 0 aliphatic rings. The van der Waals surface area contributed by atoms with Crippen molar-refractivity contribution in [2.24, 2.45) is 10.2 Å². The molecule has 112 valence electrons. The highest BCUT2D eigenvalue weighted by molar-refractivity contribution is 5.52. The van der Waals surface area contributed by atoms with Crippen LogP contribution >= 0.6 is 0 Å². The molecule has 0 spiro atoms. The number of rotatable bonds is 6. The predicted molar refractivity (Wildman–Crippen MR) is 89.3 cm³/mol. The number of hydrogen-bond donors (Lipinski definition) is 0. The van der Waals surface area contributed by atoms with Crippen LogP contribution < -0.4 is 4.74 Å². The van der Waals surface area contributed by atoms with E-state index < -0.39 is 0 Å². The van der Waals surface area contributed by atoms with E-state index in [1.54, 1.807) is 12.2 Å². The molecule has 2 aromatic rings. The van der Waals surface area contributed by atoms with Crippen molar-refractivity contribution >= 4 is 12.2 Å². The van der Waals surface area contributed by atoms with E-state index in [0.29, 0.717) is 11.5 Å². The zero-order valence-electron chi connectivity index (χ0n) is 12.0. The van der Waals surface area contributed by atoms with Gasteiger partial charge in [-0.05, 0) is 46.5 Å². The minimum Gasteiger partial charge on any atom is -0.457 e. The molecule has 0 aliphatic heterocycles. The molecule has 0 heterocycles. The molecule has 0 bridgehead atoms. The fourth-order valence-electron chi connectivity index (χ4n) is 1.73. The summed E-state index contributed by atoms with van der Waals surface area (Å²) in [6, 6.07) is 14.7. The molecular formula is C16H12N6O. The molecule has 0 amide bonds. The maximum atomic E-state index is 8.19. The normalized spacial score (nSPS) is 10.3. The van der Waals surface area contributed by atoms with Gasteiger partial charge in [0.1, 0.15) is 11.5 Å². The van der Waals surface area contributed by atoms with E-state index >= 15 is 0 Å². The molecule has 0 radical (unpaired) electrons. The van der Waals surface area contributed by atoms with Gasteiger partial charge >= 0.3 is 0 Å². The average Bonchev–Trinajstić information content (AvgIpc) is 2.58. The first-order chi connectivity index (χ1) is 11.3. The molecule has 0 aromatic heterocycles. The van der Waals surface area contributed by atoms with Crippen LogP contribution in [0, 0.1) is 0 Å². The van der Waals surface area contributed by atoms with Crippen LogP contribution in [-0.4, -0.2) is 0 Å². The Morgan fingerprint density at radius 3 is 1.43 bits per heavy atom. The van der Waals surface area contributed by atoms with Crippen molar-refractivity contribution in [3.05, 3.63) is 92.9 Å². The second kappa shape index (κ2) is 8.59. The van der Waals surface area contributed by atoms with Gasteiger partial charge < -0.3 is 4.74 Å². The summed E-state index contributed by atoms with van der Waals surface area (Å²) < 4.78 is 5.73. The zero-order valence-corrected chi connectivity index (χ0v) is 12.0. The third-order valence-electron chi connectivity index (χ3n) is 2.77. The summed E-state index contributed by atoms with van der Waals surface area (Å²) >= 11 is 0. The van der Waals surface area contributed by atoms with Gasteiger partial charge in [-0.15, -0.1) is 0 Å². The van der Waals surface area contributed by atoms with Crippen molar-refractivity contribution in [3.63, 3.8) is 0 Å². The fraction of sp³-hybridized carbons (Fsp3) is 0. The third kappa shape index (κ3) is 5.32. The average molecular weight is 304 g/mol. The van der Waals surface area contributed by atoms with Crippen LogP contribution in [0.15, 0.2) is 71.2 Å². The van der Waals surface area contributed by atoms with E-state index in [0.717, 1.165) is 11.1 Å². The van der Waals surface area contributed by atoms with E-state index in [-0.39, 0.29) is 0 Å². The Kier molecular flexibility index (Phi) is 5.87. The van der Waals surface area contributed by atoms with Crippen molar-refractivity contribution in [1.82, 2.24) is 0 Å². The lowest BCUT2D eigenvalue weighted by molar-refractivity contribution is 0.482. The Bertz CT molecular complexity index is 726. The van der Waals surface area contributed by atoms with Crippen LogP contribution in [-0.2, 0) is 0 Å². The minimum atomic E-state index is 0.698. The van der Waals surface area contributed by atoms with Gasteiger partial charge in [0.05, 0.1) is 0 Å². The molecule has 0 atom stereocenters. The highest BCUT2D eigenvalue weighted by Gasteiger charge is 1.97.